The Balaban J connectivity index is 2.02. The molecule has 0 aromatic heterocycles. The number of amides is 2. The van der Waals surface area contributed by atoms with Crippen molar-refractivity contribution in [3.05, 3.63) is 35.4 Å². The first-order chi connectivity index (χ1) is 9.15. The molecule has 6 nitrogen and oxygen atoms in total. The smallest absolute Gasteiger partial charge is 0.335 e. The molecule has 0 aliphatic carbocycles. The molecule has 0 N–H and O–H groups in total. The third-order valence-corrected chi connectivity index (χ3v) is 2.60. The van der Waals surface area contributed by atoms with Crippen molar-refractivity contribution >= 4 is 17.8 Å². The van der Waals surface area contributed by atoms with Crippen molar-refractivity contribution in [1.29, 1.82) is 0 Å². The predicted molar refractivity (Wildman–Crippen MR) is 64.1 cm³/mol. The Morgan fingerprint density at radius 2 is 1.74 bits per heavy atom. The second-order valence-corrected chi connectivity index (χ2v) is 3.86. The van der Waals surface area contributed by atoms with Crippen LogP contribution >= 0.6 is 0 Å². The highest BCUT2D eigenvalue weighted by molar-refractivity contribution is 6.20. The summed E-state index contributed by atoms with van der Waals surface area (Å²) in [6.45, 7) is 2.48. The maximum Gasteiger partial charge on any atom is 0.335 e. The number of benzene rings is 1. The maximum atomic E-state index is 11.9. The van der Waals surface area contributed by atoms with Gasteiger partial charge in [-0.25, -0.2) is 4.79 Å². The molecular formula is C13H13NO5. The van der Waals surface area contributed by atoms with Gasteiger partial charge in [0.25, 0.3) is 11.8 Å². The molecule has 1 aromatic rings. The van der Waals surface area contributed by atoms with E-state index in [2.05, 4.69) is 0 Å². The van der Waals surface area contributed by atoms with Gasteiger partial charge in [-0.05, 0) is 19.1 Å². The number of rotatable bonds is 5. The minimum atomic E-state index is -0.678. The van der Waals surface area contributed by atoms with Gasteiger partial charge in [0.05, 0.1) is 24.2 Å². The van der Waals surface area contributed by atoms with Crippen LogP contribution in [0, 0.1) is 0 Å². The van der Waals surface area contributed by atoms with Gasteiger partial charge in [-0.2, -0.15) is 0 Å². The van der Waals surface area contributed by atoms with Crippen LogP contribution in [-0.4, -0.2) is 36.1 Å². The number of hydroxylamine groups is 2. The van der Waals surface area contributed by atoms with Crippen LogP contribution in [0.2, 0.25) is 0 Å². The fourth-order valence-electron chi connectivity index (χ4n) is 1.70. The molecule has 0 bridgehead atoms. The lowest BCUT2D eigenvalue weighted by molar-refractivity contribution is -0.169. The molecule has 0 fully saturated rings. The molecule has 0 atom stereocenters. The molecule has 2 amide bonds. The van der Waals surface area contributed by atoms with Crippen molar-refractivity contribution in [2.75, 3.05) is 13.2 Å². The van der Waals surface area contributed by atoms with Crippen molar-refractivity contribution in [3.63, 3.8) is 0 Å². The van der Waals surface area contributed by atoms with E-state index in [0.29, 0.717) is 11.7 Å². The summed E-state index contributed by atoms with van der Waals surface area (Å²) in [5.41, 5.74) is 0.482. The van der Waals surface area contributed by atoms with Crippen LogP contribution in [0.25, 0.3) is 0 Å². The Morgan fingerprint density at radius 3 is 2.26 bits per heavy atom. The Bertz CT molecular complexity index is 491. The third kappa shape index (κ3) is 2.63. The second kappa shape index (κ2) is 5.62. The summed E-state index contributed by atoms with van der Waals surface area (Å²) in [5, 5.41) is 0.499. The van der Waals surface area contributed by atoms with E-state index in [-0.39, 0.29) is 24.2 Å². The van der Waals surface area contributed by atoms with Gasteiger partial charge in [-0.15, -0.1) is 0 Å². The van der Waals surface area contributed by atoms with Gasteiger partial charge in [0.1, 0.15) is 0 Å². The SMILES string of the molecule is CCOCCC(=O)ON1C(=O)c2ccccc2C1=O. The zero-order valence-electron chi connectivity index (χ0n) is 10.4. The molecule has 19 heavy (non-hydrogen) atoms. The van der Waals surface area contributed by atoms with Crippen LogP contribution in [0.15, 0.2) is 24.3 Å². The molecule has 1 aliphatic heterocycles. The third-order valence-electron chi connectivity index (χ3n) is 2.60. The largest absolute Gasteiger partial charge is 0.381 e. The summed E-state index contributed by atoms with van der Waals surface area (Å²) in [6, 6.07) is 6.32. The van der Waals surface area contributed by atoms with Gasteiger partial charge in [0.15, 0.2) is 0 Å². The topological polar surface area (TPSA) is 72.9 Å². The van der Waals surface area contributed by atoms with Crippen LogP contribution in [0.5, 0.6) is 0 Å². The molecule has 0 spiro atoms. The van der Waals surface area contributed by atoms with Crippen molar-refractivity contribution < 1.29 is 24.0 Å². The lowest BCUT2D eigenvalue weighted by Crippen LogP contribution is -2.32. The standard InChI is InChI=1S/C13H13NO5/c1-2-18-8-7-11(15)19-14-12(16)9-5-3-4-6-10(9)13(14)17/h3-6H,2,7-8H2,1H3. The average Bonchev–Trinajstić information content (AvgIpc) is 2.65. The monoisotopic (exact) mass is 263 g/mol. The molecule has 2 rings (SSSR count). The molecule has 0 unspecified atom stereocenters. The normalized spacial score (nSPS) is 13.6. The molecule has 1 aromatic carbocycles. The molecule has 0 radical (unpaired) electrons. The van der Waals surface area contributed by atoms with Crippen molar-refractivity contribution in [2.45, 2.75) is 13.3 Å². The molecule has 0 saturated heterocycles. The number of fused-ring (bicyclic) bond motifs is 1. The molecule has 1 aliphatic rings. The zero-order valence-corrected chi connectivity index (χ0v) is 10.4. The first kappa shape index (κ1) is 13.2. The van der Waals surface area contributed by atoms with Gasteiger partial charge < -0.3 is 9.57 Å². The number of ether oxygens (including phenoxy) is 1. The minimum absolute atomic E-state index is 0.0127. The summed E-state index contributed by atoms with van der Waals surface area (Å²) in [5.74, 6) is -1.92. The number of carbonyl (C=O) groups excluding carboxylic acids is 3. The highest BCUT2D eigenvalue weighted by Crippen LogP contribution is 2.22. The lowest BCUT2D eigenvalue weighted by atomic mass is 10.1. The highest BCUT2D eigenvalue weighted by Gasteiger charge is 2.38. The fraction of sp³-hybridized carbons (Fsp3) is 0.308. The maximum absolute atomic E-state index is 11.9. The Morgan fingerprint density at radius 1 is 1.16 bits per heavy atom. The summed E-state index contributed by atoms with van der Waals surface area (Å²) < 4.78 is 4.99. The Kier molecular flexibility index (Phi) is 3.91. The van der Waals surface area contributed by atoms with Gasteiger partial charge in [-0.3, -0.25) is 9.59 Å². The van der Waals surface area contributed by atoms with Crippen molar-refractivity contribution in [2.24, 2.45) is 0 Å². The van der Waals surface area contributed by atoms with Gasteiger partial charge in [0.2, 0.25) is 0 Å². The average molecular weight is 263 g/mol. The van der Waals surface area contributed by atoms with Gasteiger partial charge in [-0.1, -0.05) is 17.2 Å². The first-order valence-electron chi connectivity index (χ1n) is 5.91. The zero-order chi connectivity index (χ0) is 13.8. The number of carbonyl (C=O) groups is 3. The lowest BCUT2D eigenvalue weighted by Gasteiger charge is -2.12. The summed E-state index contributed by atoms with van der Waals surface area (Å²) in [4.78, 5) is 40.0. The number of hydrogen-bond acceptors (Lipinski definition) is 5. The van der Waals surface area contributed by atoms with Crippen LogP contribution in [-0.2, 0) is 14.4 Å². The summed E-state index contributed by atoms with van der Waals surface area (Å²) in [7, 11) is 0. The number of imide groups is 1. The first-order valence-corrected chi connectivity index (χ1v) is 5.91. The van der Waals surface area contributed by atoms with E-state index in [1.807, 2.05) is 0 Å². The van der Waals surface area contributed by atoms with E-state index in [4.69, 9.17) is 9.57 Å². The van der Waals surface area contributed by atoms with E-state index in [9.17, 15) is 14.4 Å². The van der Waals surface area contributed by atoms with Gasteiger partial charge in [0, 0.05) is 6.61 Å². The van der Waals surface area contributed by atoms with Crippen molar-refractivity contribution in [3.8, 4) is 0 Å². The van der Waals surface area contributed by atoms with E-state index >= 15 is 0 Å². The summed E-state index contributed by atoms with van der Waals surface area (Å²) in [6.07, 6.45) is -0.0127. The van der Waals surface area contributed by atoms with Crippen LogP contribution < -0.4 is 0 Å². The van der Waals surface area contributed by atoms with Gasteiger partial charge >= 0.3 is 5.97 Å². The Hall–Kier alpha value is -2.21. The highest BCUT2D eigenvalue weighted by atomic mass is 16.7. The molecule has 1 heterocycles. The van der Waals surface area contributed by atoms with E-state index in [1.165, 1.54) is 12.1 Å². The van der Waals surface area contributed by atoms with E-state index < -0.39 is 17.8 Å². The summed E-state index contributed by atoms with van der Waals surface area (Å²) >= 11 is 0. The van der Waals surface area contributed by atoms with Crippen LogP contribution in [0.1, 0.15) is 34.1 Å². The molecule has 6 heteroatoms. The quantitative estimate of drug-likeness (QED) is 0.589. The van der Waals surface area contributed by atoms with Crippen molar-refractivity contribution in [1.82, 2.24) is 5.06 Å². The number of hydrogen-bond donors (Lipinski definition) is 0. The minimum Gasteiger partial charge on any atom is -0.381 e. The van der Waals surface area contributed by atoms with Crippen LogP contribution in [0.3, 0.4) is 0 Å². The van der Waals surface area contributed by atoms with E-state index in [1.54, 1.807) is 19.1 Å². The van der Waals surface area contributed by atoms with E-state index in [0.717, 1.165) is 0 Å². The predicted octanol–water partition coefficient (Wildman–Crippen LogP) is 1.17. The molecular weight excluding hydrogens is 250 g/mol. The molecule has 0 saturated carbocycles. The number of nitrogens with zero attached hydrogens (tertiary/aromatic N) is 1. The fourth-order valence-corrected chi connectivity index (χ4v) is 1.70. The Labute approximate surface area is 109 Å². The van der Waals surface area contributed by atoms with Crippen LogP contribution in [0.4, 0.5) is 0 Å². The second-order valence-electron chi connectivity index (χ2n) is 3.86. The molecule has 100 valence electrons.